The highest BCUT2D eigenvalue weighted by Gasteiger charge is 2.19. The van der Waals surface area contributed by atoms with Crippen LogP contribution < -0.4 is 15.5 Å². The van der Waals surface area contributed by atoms with Gasteiger partial charge in [0.2, 0.25) is 17.8 Å². The molecule has 1 fully saturated rings. The molecular weight excluding hydrogens is 349 g/mol. The van der Waals surface area contributed by atoms with Crippen molar-refractivity contribution in [2.24, 2.45) is 0 Å². The molecule has 2 amide bonds. The number of aromatic nitrogens is 1. The van der Waals surface area contributed by atoms with Crippen molar-refractivity contribution in [2.75, 3.05) is 48.3 Å². The Morgan fingerprint density at radius 1 is 1.07 bits per heavy atom. The first-order valence-corrected chi connectivity index (χ1v) is 8.76. The molecule has 1 saturated heterocycles. The maximum Gasteiger partial charge on any atom is 0.238 e. The van der Waals surface area contributed by atoms with Gasteiger partial charge in [-0.05, 0) is 24.3 Å². The van der Waals surface area contributed by atoms with Crippen molar-refractivity contribution in [1.82, 2.24) is 9.88 Å². The molecule has 0 unspecified atom stereocenters. The second kappa shape index (κ2) is 8.59. The zero-order valence-electron chi connectivity index (χ0n) is 15.1. The molecule has 27 heavy (non-hydrogen) atoms. The number of amides is 2. The van der Waals surface area contributed by atoms with E-state index in [0.717, 1.165) is 18.8 Å². The van der Waals surface area contributed by atoms with Gasteiger partial charge in [-0.3, -0.25) is 14.5 Å². The highest BCUT2D eigenvalue weighted by Crippen LogP contribution is 2.17. The topological polar surface area (TPSA) is 77.6 Å². The Bertz CT molecular complexity index is 821. The Morgan fingerprint density at radius 2 is 1.78 bits per heavy atom. The molecule has 1 aromatic heterocycles. The van der Waals surface area contributed by atoms with Gasteiger partial charge in [-0.25, -0.2) is 4.98 Å². The molecular formula is C19H22FN5O2. The van der Waals surface area contributed by atoms with Crippen molar-refractivity contribution in [3.8, 4) is 0 Å². The molecule has 0 saturated carbocycles. The zero-order chi connectivity index (χ0) is 19.2. The second-order valence-corrected chi connectivity index (χ2v) is 6.41. The standard InChI is InChI=1S/C19H22FN5O2/c1-14(26)22-15-3-2-4-16(11-15)23-19(27)13-24-7-9-25(10-8-24)17-5-6-21-18(20)12-17/h2-6,11-12H,7-10,13H2,1H3,(H,22,26)(H,23,27). The summed E-state index contributed by atoms with van der Waals surface area (Å²) in [6.07, 6.45) is 1.46. The van der Waals surface area contributed by atoms with Crippen LogP contribution in [0.2, 0.25) is 0 Å². The number of nitrogens with zero attached hydrogens (tertiary/aromatic N) is 3. The summed E-state index contributed by atoms with van der Waals surface area (Å²) in [4.78, 5) is 31.1. The largest absolute Gasteiger partial charge is 0.369 e. The highest BCUT2D eigenvalue weighted by molar-refractivity contribution is 5.94. The molecule has 3 rings (SSSR count). The van der Waals surface area contributed by atoms with E-state index < -0.39 is 5.95 Å². The molecule has 2 heterocycles. The molecule has 7 nitrogen and oxygen atoms in total. The third-order valence-corrected chi connectivity index (χ3v) is 4.28. The van der Waals surface area contributed by atoms with Crippen LogP contribution in [0.5, 0.6) is 0 Å². The van der Waals surface area contributed by atoms with E-state index in [2.05, 4.69) is 25.4 Å². The number of anilines is 3. The van der Waals surface area contributed by atoms with Crippen LogP contribution in [0.25, 0.3) is 0 Å². The number of nitrogens with one attached hydrogen (secondary N) is 2. The Labute approximate surface area is 157 Å². The van der Waals surface area contributed by atoms with E-state index >= 15 is 0 Å². The van der Waals surface area contributed by atoms with Crippen LogP contribution in [0.4, 0.5) is 21.5 Å². The number of rotatable bonds is 5. The van der Waals surface area contributed by atoms with Crippen LogP contribution in [-0.2, 0) is 9.59 Å². The van der Waals surface area contributed by atoms with Crippen molar-refractivity contribution in [3.63, 3.8) is 0 Å². The van der Waals surface area contributed by atoms with Crippen molar-refractivity contribution >= 4 is 28.9 Å². The van der Waals surface area contributed by atoms with Gasteiger partial charge in [0.15, 0.2) is 0 Å². The lowest BCUT2D eigenvalue weighted by Gasteiger charge is -2.35. The zero-order valence-corrected chi connectivity index (χ0v) is 15.1. The van der Waals surface area contributed by atoms with Crippen molar-refractivity contribution < 1.29 is 14.0 Å². The number of pyridine rings is 1. The first-order valence-electron chi connectivity index (χ1n) is 8.76. The van der Waals surface area contributed by atoms with E-state index in [1.807, 2.05) is 0 Å². The van der Waals surface area contributed by atoms with Crippen LogP contribution in [-0.4, -0.2) is 54.4 Å². The van der Waals surface area contributed by atoms with Crippen LogP contribution in [0.1, 0.15) is 6.92 Å². The Kier molecular flexibility index (Phi) is 5.97. The molecule has 0 aliphatic carbocycles. The summed E-state index contributed by atoms with van der Waals surface area (Å²) in [6, 6.07) is 10.2. The van der Waals surface area contributed by atoms with Crippen LogP contribution in [0.3, 0.4) is 0 Å². The summed E-state index contributed by atoms with van der Waals surface area (Å²) in [7, 11) is 0. The molecule has 142 valence electrons. The fourth-order valence-electron chi connectivity index (χ4n) is 3.03. The van der Waals surface area contributed by atoms with Gasteiger partial charge in [0.25, 0.3) is 0 Å². The average Bonchev–Trinajstić information content (AvgIpc) is 2.62. The van der Waals surface area contributed by atoms with E-state index in [0.29, 0.717) is 24.5 Å². The van der Waals surface area contributed by atoms with Gasteiger partial charge < -0.3 is 15.5 Å². The van der Waals surface area contributed by atoms with Gasteiger partial charge >= 0.3 is 0 Å². The summed E-state index contributed by atoms with van der Waals surface area (Å²) in [6.45, 7) is 4.57. The van der Waals surface area contributed by atoms with E-state index in [1.165, 1.54) is 19.2 Å². The number of piperazine rings is 1. The lowest BCUT2D eigenvalue weighted by molar-refractivity contribution is -0.117. The van der Waals surface area contributed by atoms with E-state index in [4.69, 9.17) is 0 Å². The predicted octanol–water partition coefficient (Wildman–Crippen LogP) is 1.94. The minimum Gasteiger partial charge on any atom is -0.369 e. The maximum atomic E-state index is 13.3. The van der Waals surface area contributed by atoms with E-state index in [1.54, 1.807) is 30.3 Å². The maximum absolute atomic E-state index is 13.3. The summed E-state index contributed by atoms with van der Waals surface area (Å²) in [5.41, 5.74) is 2.08. The normalized spacial score (nSPS) is 14.7. The van der Waals surface area contributed by atoms with Crippen LogP contribution in [0.15, 0.2) is 42.6 Å². The first kappa shape index (κ1) is 18.8. The molecule has 0 spiro atoms. The molecule has 0 bridgehead atoms. The fraction of sp³-hybridized carbons (Fsp3) is 0.316. The van der Waals surface area contributed by atoms with Crippen LogP contribution >= 0.6 is 0 Å². The minimum absolute atomic E-state index is 0.113. The third kappa shape index (κ3) is 5.49. The molecule has 0 radical (unpaired) electrons. The molecule has 1 aliphatic rings. The monoisotopic (exact) mass is 371 g/mol. The molecule has 8 heteroatoms. The van der Waals surface area contributed by atoms with Crippen molar-refractivity contribution in [3.05, 3.63) is 48.5 Å². The highest BCUT2D eigenvalue weighted by atomic mass is 19.1. The number of carbonyl (C=O) groups excluding carboxylic acids is 2. The molecule has 1 aliphatic heterocycles. The third-order valence-electron chi connectivity index (χ3n) is 4.28. The average molecular weight is 371 g/mol. The quantitative estimate of drug-likeness (QED) is 0.786. The number of hydrogen-bond acceptors (Lipinski definition) is 5. The second-order valence-electron chi connectivity index (χ2n) is 6.41. The first-order chi connectivity index (χ1) is 13.0. The van der Waals surface area contributed by atoms with Crippen molar-refractivity contribution in [2.45, 2.75) is 6.92 Å². The summed E-state index contributed by atoms with van der Waals surface area (Å²) in [5, 5.41) is 5.54. The Balaban J connectivity index is 1.49. The van der Waals surface area contributed by atoms with E-state index in [9.17, 15) is 14.0 Å². The Hall–Kier alpha value is -3.00. The van der Waals surface area contributed by atoms with Crippen LogP contribution in [0, 0.1) is 5.95 Å². The molecule has 1 aromatic carbocycles. The predicted molar refractivity (Wildman–Crippen MR) is 102 cm³/mol. The van der Waals surface area contributed by atoms with Gasteiger partial charge in [0, 0.05) is 62.4 Å². The van der Waals surface area contributed by atoms with Gasteiger partial charge in [0.1, 0.15) is 0 Å². The minimum atomic E-state index is -0.490. The summed E-state index contributed by atoms with van der Waals surface area (Å²) in [5.74, 6) is -0.764. The lowest BCUT2D eigenvalue weighted by atomic mass is 10.2. The molecule has 2 N–H and O–H groups in total. The number of halogens is 1. The SMILES string of the molecule is CC(=O)Nc1cccc(NC(=O)CN2CCN(c3ccnc(F)c3)CC2)c1. The summed E-state index contributed by atoms with van der Waals surface area (Å²) < 4.78 is 13.3. The van der Waals surface area contributed by atoms with E-state index in [-0.39, 0.29) is 18.4 Å². The van der Waals surface area contributed by atoms with Gasteiger partial charge in [-0.1, -0.05) is 6.07 Å². The lowest BCUT2D eigenvalue weighted by Crippen LogP contribution is -2.48. The Morgan fingerprint density at radius 3 is 2.44 bits per heavy atom. The van der Waals surface area contributed by atoms with Crippen molar-refractivity contribution in [1.29, 1.82) is 0 Å². The number of benzene rings is 1. The van der Waals surface area contributed by atoms with Gasteiger partial charge in [0.05, 0.1) is 6.54 Å². The number of carbonyl (C=O) groups is 2. The summed E-state index contributed by atoms with van der Waals surface area (Å²) >= 11 is 0. The van der Waals surface area contributed by atoms with Gasteiger partial charge in [-0.2, -0.15) is 4.39 Å². The molecule has 2 aromatic rings. The smallest absolute Gasteiger partial charge is 0.238 e. The molecule has 0 atom stereocenters. The van der Waals surface area contributed by atoms with Gasteiger partial charge in [-0.15, -0.1) is 0 Å². The fourth-order valence-corrected chi connectivity index (χ4v) is 3.03. The number of hydrogen-bond donors (Lipinski definition) is 2.